The predicted molar refractivity (Wildman–Crippen MR) is 81.8 cm³/mol. The summed E-state index contributed by atoms with van der Waals surface area (Å²) in [6.07, 6.45) is 1.17. The van der Waals surface area contributed by atoms with Gasteiger partial charge in [0, 0.05) is 23.0 Å². The van der Waals surface area contributed by atoms with Gasteiger partial charge in [0.2, 0.25) is 0 Å². The van der Waals surface area contributed by atoms with Crippen molar-refractivity contribution in [2.24, 2.45) is 0 Å². The van der Waals surface area contributed by atoms with Crippen LogP contribution in [-0.2, 0) is 14.3 Å². The molecule has 1 unspecified atom stereocenters. The number of carbonyl (C=O) groups is 1. The summed E-state index contributed by atoms with van der Waals surface area (Å²) in [4.78, 5) is 12.3. The quantitative estimate of drug-likeness (QED) is 0.856. The molecule has 110 valence electrons. The van der Waals surface area contributed by atoms with Gasteiger partial charge >= 0.3 is 5.97 Å². The Hall–Kier alpha value is -1.07. The Labute approximate surface area is 128 Å². The first-order valence-electron chi connectivity index (χ1n) is 6.63. The first-order valence-corrected chi connectivity index (χ1v) is 7.42. The van der Waals surface area contributed by atoms with E-state index >= 15 is 0 Å². The molecule has 0 saturated carbocycles. The van der Waals surface area contributed by atoms with Crippen LogP contribution in [0.25, 0.3) is 0 Å². The molecule has 4 nitrogen and oxygen atoms in total. The molecule has 1 aromatic rings. The Kier molecular flexibility index (Phi) is 4.39. The maximum absolute atomic E-state index is 12.3. The summed E-state index contributed by atoms with van der Waals surface area (Å²) in [5, 5.41) is 3.35. The Morgan fingerprint density at radius 3 is 2.55 bits per heavy atom. The van der Waals surface area contributed by atoms with Crippen LogP contribution in [0.3, 0.4) is 0 Å². The van der Waals surface area contributed by atoms with E-state index in [4.69, 9.17) is 9.47 Å². The number of hydrogen-bond donors (Lipinski definition) is 1. The van der Waals surface area contributed by atoms with Gasteiger partial charge in [-0.3, -0.25) is 0 Å². The van der Waals surface area contributed by atoms with Crippen LogP contribution in [0, 0.1) is 0 Å². The van der Waals surface area contributed by atoms with Crippen LogP contribution < -0.4 is 5.32 Å². The second-order valence-electron chi connectivity index (χ2n) is 5.74. The highest BCUT2D eigenvalue weighted by Gasteiger charge is 2.47. The summed E-state index contributed by atoms with van der Waals surface area (Å²) in [6.45, 7) is 4.52. The van der Waals surface area contributed by atoms with E-state index < -0.39 is 5.54 Å². The van der Waals surface area contributed by atoms with E-state index in [2.05, 4.69) is 21.2 Å². The van der Waals surface area contributed by atoms with Gasteiger partial charge in [0.25, 0.3) is 0 Å². The van der Waals surface area contributed by atoms with Crippen molar-refractivity contribution in [3.8, 4) is 0 Å². The van der Waals surface area contributed by atoms with Crippen molar-refractivity contribution in [3.63, 3.8) is 0 Å². The molecule has 20 heavy (non-hydrogen) atoms. The van der Waals surface area contributed by atoms with Crippen LogP contribution >= 0.6 is 15.9 Å². The SMILES string of the molecule is COC(=O)C1(Nc2ccc(Br)cc2)CCOC(C)(C)C1. The first kappa shape index (κ1) is 15.3. The summed E-state index contributed by atoms with van der Waals surface area (Å²) >= 11 is 3.41. The minimum Gasteiger partial charge on any atom is -0.467 e. The smallest absolute Gasteiger partial charge is 0.331 e. The van der Waals surface area contributed by atoms with Crippen LogP contribution in [0.2, 0.25) is 0 Å². The van der Waals surface area contributed by atoms with Crippen molar-refractivity contribution in [1.82, 2.24) is 0 Å². The molecule has 0 aromatic heterocycles. The standard InChI is InChI=1S/C15H20BrNO3/c1-14(2)10-15(8-9-20-14,13(18)19-3)17-12-6-4-11(16)5-7-12/h4-7,17H,8-10H2,1-3H3. The third-order valence-corrected chi connectivity index (χ3v) is 4.08. The monoisotopic (exact) mass is 341 g/mol. The van der Waals surface area contributed by atoms with E-state index in [1.165, 1.54) is 7.11 Å². The van der Waals surface area contributed by atoms with Gasteiger partial charge in [-0.1, -0.05) is 15.9 Å². The van der Waals surface area contributed by atoms with Crippen molar-refractivity contribution in [2.45, 2.75) is 37.8 Å². The zero-order chi connectivity index (χ0) is 14.8. The predicted octanol–water partition coefficient (Wildman–Crippen LogP) is 3.36. The second kappa shape index (κ2) is 5.74. The molecule has 0 bridgehead atoms. The van der Waals surface area contributed by atoms with Gasteiger partial charge < -0.3 is 14.8 Å². The average molecular weight is 342 g/mol. The lowest BCUT2D eigenvalue weighted by atomic mass is 9.81. The van der Waals surface area contributed by atoms with Gasteiger partial charge in [-0.05, 0) is 38.1 Å². The van der Waals surface area contributed by atoms with Crippen molar-refractivity contribution >= 4 is 27.6 Å². The number of hydrogen-bond acceptors (Lipinski definition) is 4. The molecule has 0 amide bonds. The van der Waals surface area contributed by atoms with E-state index in [1.807, 2.05) is 38.1 Å². The maximum Gasteiger partial charge on any atom is 0.331 e. The number of nitrogens with one attached hydrogen (secondary N) is 1. The number of methoxy groups -OCH3 is 1. The summed E-state index contributed by atoms with van der Waals surface area (Å²) < 4.78 is 11.7. The van der Waals surface area contributed by atoms with Crippen molar-refractivity contribution in [3.05, 3.63) is 28.7 Å². The van der Waals surface area contributed by atoms with Crippen molar-refractivity contribution in [1.29, 1.82) is 0 Å². The topological polar surface area (TPSA) is 47.6 Å². The van der Waals surface area contributed by atoms with Crippen LogP contribution in [0.4, 0.5) is 5.69 Å². The fourth-order valence-corrected chi connectivity index (χ4v) is 2.97. The Bertz CT molecular complexity index is 486. The van der Waals surface area contributed by atoms with Gasteiger partial charge in [0.15, 0.2) is 0 Å². The summed E-state index contributed by atoms with van der Waals surface area (Å²) in [7, 11) is 1.43. The average Bonchev–Trinajstić information content (AvgIpc) is 2.39. The number of rotatable bonds is 3. The molecule has 1 saturated heterocycles. The molecular weight excluding hydrogens is 322 g/mol. The third-order valence-electron chi connectivity index (χ3n) is 3.55. The van der Waals surface area contributed by atoms with Crippen LogP contribution in [0.15, 0.2) is 28.7 Å². The highest BCUT2D eigenvalue weighted by atomic mass is 79.9. The molecule has 1 aromatic carbocycles. The van der Waals surface area contributed by atoms with Crippen LogP contribution in [0.5, 0.6) is 0 Å². The molecule has 1 aliphatic heterocycles. The summed E-state index contributed by atoms with van der Waals surface area (Å²) in [5.41, 5.74) is -0.185. The van der Waals surface area contributed by atoms with Gasteiger partial charge in [-0.15, -0.1) is 0 Å². The highest BCUT2D eigenvalue weighted by molar-refractivity contribution is 9.10. The lowest BCUT2D eigenvalue weighted by molar-refractivity contribution is -0.156. The molecule has 0 radical (unpaired) electrons. The maximum atomic E-state index is 12.3. The fourth-order valence-electron chi connectivity index (χ4n) is 2.70. The number of ether oxygens (including phenoxy) is 2. The van der Waals surface area contributed by atoms with Gasteiger partial charge in [0.05, 0.1) is 19.3 Å². The lowest BCUT2D eigenvalue weighted by Gasteiger charge is -2.43. The zero-order valence-corrected chi connectivity index (χ0v) is 13.6. The van der Waals surface area contributed by atoms with E-state index in [1.54, 1.807) is 0 Å². The Morgan fingerprint density at radius 1 is 1.35 bits per heavy atom. The molecule has 0 aliphatic carbocycles. The second-order valence-corrected chi connectivity index (χ2v) is 6.66. The normalized spacial score (nSPS) is 25.0. The van der Waals surface area contributed by atoms with Gasteiger partial charge in [-0.2, -0.15) is 0 Å². The molecule has 1 N–H and O–H groups in total. The first-order chi connectivity index (χ1) is 9.37. The number of benzene rings is 1. The summed E-state index contributed by atoms with van der Waals surface area (Å²) in [5.74, 6) is -0.239. The van der Waals surface area contributed by atoms with E-state index in [0.717, 1.165) is 10.2 Å². The number of esters is 1. The van der Waals surface area contributed by atoms with Crippen LogP contribution in [0.1, 0.15) is 26.7 Å². The molecule has 1 atom stereocenters. The molecule has 1 fully saturated rings. The van der Waals surface area contributed by atoms with Crippen molar-refractivity contribution in [2.75, 3.05) is 19.0 Å². The molecule has 2 rings (SSSR count). The Balaban J connectivity index is 2.28. The summed E-state index contributed by atoms with van der Waals surface area (Å²) in [6, 6.07) is 7.77. The van der Waals surface area contributed by atoms with E-state index in [-0.39, 0.29) is 11.6 Å². The highest BCUT2D eigenvalue weighted by Crippen LogP contribution is 2.35. The molecule has 1 heterocycles. The molecular formula is C15H20BrNO3. The third kappa shape index (κ3) is 3.33. The number of anilines is 1. The zero-order valence-electron chi connectivity index (χ0n) is 12.0. The van der Waals surface area contributed by atoms with E-state index in [0.29, 0.717) is 19.4 Å². The Morgan fingerprint density at radius 2 is 2.00 bits per heavy atom. The van der Waals surface area contributed by atoms with Gasteiger partial charge in [-0.25, -0.2) is 4.79 Å². The molecule has 0 spiro atoms. The molecule has 1 aliphatic rings. The van der Waals surface area contributed by atoms with Crippen molar-refractivity contribution < 1.29 is 14.3 Å². The fraction of sp³-hybridized carbons (Fsp3) is 0.533. The van der Waals surface area contributed by atoms with Gasteiger partial charge in [0.1, 0.15) is 5.54 Å². The number of carbonyl (C=O) groups excluding carboxylic acids is 1. The largest absolute Gasteiger partial charge is 0.467 e. The van der Waals surface area contributed by atoms with Crippen LogP contribution in [-0.4, -0.2) is 30.8 Å². The number of halogens is 1. The lowest BCUT2D eigenvalue weighted by Crippen LogP contribution is -2.56. The van der Waals surface area contributed by atoms with E-state index in [9.17, 15) is 4.79 Å². The minimum absolute atomic E-state index is 0.239. The molecule has 5 heteroatoms. The minimum atomic E-state index is -0.732.